The largest absolute Gasteiger partial charge is 0.378 e. The van der Waals surface area contributed by atoms with Crippen molar-refractivity contribution < 1.29 is 9.53 Å². The third-order valence-corrected chi connectivity index (χ3v) is 4.44. The van der Waals surface area contributed by atoms with Crippen LogP contribution in [0.25, 0.3) is 0 Å². The van der Waals surface area contributed by atoms with Crippen LogP contribution in [-0.2, 0) is 4.74 Å². The number of likely N-dealkylation sites (N-methyl/N-ethyl adjacent to an activating group) is 1. The predicted octanol–water partition coefficient (Wildman–Crippen LogP) is 1.33. The minimum absolute atomic E-state index is 0.105. The number of anilines is 2. The van der Waals surface area contributed by atoms with E-state index in [9.17, 15) is 4.79 Å². The minimum Gasteiger partial charge on any atom is -0.378 e. The summed E-state index contributed by atoms with van der Waals surface area (Å²) in [6.07, 6.45) is 0. The van der Waals surface area contributed by atoms with Gasteiger partial charge in [0.05, 0.1) is 24.6 Å². The maximum Gasteiger partial charge on any atom is 0.324 e. The molecule has 2 heterocycles. The van der Waals surface area contributed by atoms with Crippen molar-refractivity contribution in [3.63, 3.8) is 0 Å². The molecule has 2 aliphatic heterocycles. The van der Waals surface area contributed by atoms with Crippen molar-refractivity contribution in [2.75, 3.05) is 76.4 Å². The fourth-order valence-electron chi connectivity index (χ4n) is 3.10. The Bertz CT molecular complexity index is 543. The number of carbonyl (C=O) groups is 1. The van der Waals surface area contributed by atoms with E-state index in [1.54, 1.807) is 0 Å². The Morgan fingerprint density at radius 3 is 2.48 bits per heavy atom. The Hall–Kier alpha value is -1.79. The third kappa shape index (κ3) is 3.59. The van der Waals surface area contributed by atoms with Crippen LogP contribution in [0.3, 0.4) is 0 Å². The Kier molecular flexibility index (Phi) is 5.03. The van der Waals surface area contributed by atoms with Gasteiger partial charge in [-0.2, -0.15) is 0 Å². The first kappa shape index (κ1) is 16.1. The lowest BCUT2D eigenvalue weighted by Crippen LogP contribution is -2.52. The van der Waals surface area contributed by atoms with E-state index in [1.165, 1.54) is 0 Å². The first-order valence-electron chi connectivity index (χ1n) is 8.30. The molecular weight excluding hydrogens is 292 g/mol. The monoisotopic (exact) mass is 318 g/mol. The van der Waals surface area contributed by atoms with E-state index in [0.29, 0.717) is 26.3 Å². The van der Waals surface area contributed by atoms with E-state index in [0.717, 1.165) is 37.6 Å². The van der Waals surface area contributed by atoms with Gasteiger partial charge in [-0.25, -0.2) is 4.79 Å². The molecule has 0 aromatic heterocycles. The van der Waals surface area contributed by atoms with Crippen molar-refractivity contribution >= 4 is 17.4 Å². The summed E-state index contributed by atoms with van der Waals surface area (Å²) in [4.78, 5) is 21.2. The molecule has 0 N–H and O–H groups in total. The van der Waals surface area contributed by atoms with Crippen LogP contribution >= 0.6 is 0 Å². The van der Waals surface area contributed by atoms with E-state index in [4.69, 9.17) is 4.74 Å². The van der Waals surface area contributed by atoms with Gasteiger partial charge in [0.25, 0.3) is 0 Å². The maximum absolute atomic E-state index is 12.9. The molecule has 0 unspecified atom stereocenters. The molecule has 0 spiro atoms. The lowest BCUT2D eigenvalue weighted by molar-refractivity contribution is 0.0548. The summed E-state index contributed by atoms with van der Waals surface area (Å²) in [5, 5.41) is 0. The van der Waals surface area contributed by atoms with Crippen LogP contribution < -0.4 is 9.80 Å². The third-order valence-electron chi connectivity index (χ3n) is 4.44. The van der Waals surface area contributed by atoms with Crippen molar-refractivity contribution in [1.82, 2.24) is 9.80 Å². The average Bonchev–Trinajstić information content (AvgIpc) is 2.59. The van der Waals surface area contributed by atoms with Gasteiger partial charge in [0.2, 0.25) is 0 Å². The molecule has 0 aliphatic carbocycles. The highest BCUT2D eigenvalue weighted by molar-refractivity contribution is 5.96. The second-order valence-corrected chi connectivity index (χ2v) is 6.31. The fourth-order valence-corrected chi connectivity index (χ4v) is 3.10. The standard InChI is InChI=1S/C17H26N4O2/c1-18(2)7-8-19-9-10-21(16-6-4-3-5-15(16)19)17(22)20-11-13-23-14-12-20/h3-6H,7-14H2,1-2H3. The first-order valence-corrected chi connectivity index (χ1v) is 8.30. The van der Waals surface area contributed by atoms with E-state index < -0.39 is 0 Å². The van der Waals surface area contributed by atoms with Crippen LogP contribution in [0.1, 0.15) is 0 Å². The van der Waals surface area contributed by atoms with Crippen LogP contribution in [0.5, 0.6) is 0 Å². The van der Waals surface area contributed by atoms with Gasteiger partial charge in [-0.1, -0.05) is 12.1 Å². The molecule has 0 atom stereocenters. The number of urea groups is 1. The van der Waals surface area contributed by atoms with Gasteiger partial charge in [0, 0.05) is 39.3 Å². The number of rotatable bonds is 3. The highest BCUT2D eigenvalue weighted by Gasteiger charge is 2.30. The van der Waals surface area contributed by atoms with Gasteiger partial charge in [-0.05, 0) is 26.2 Å². The van der Waals surface area contributed by atoms with Crippen LogP contribution in [0.15, 0.2) is 24.3 Å². The van der Waals surface area contributed by atoms with E-state index in [1.807, 2.05) is 21.9 Å². The number of nitrogens with zero attached hydrogens (tertiary/aromatic N) is 4. The zero-order chi connectivity index (χ0) is 16.2. The Morgan fingerprint density at radius 2 is 1.78 bits per heavy atom. The SMILES string of the molecule is CN(C)CCN1CCN(C(=O)N2CCOCC2)c2ccccc21. The summed E-state index contributed by atoms with van der Waals surface area (Å²) >= 11 is 0. The van der Waals surface area contributed by atoms with Crippen molar-refractivity contribution in [2.45, 2.75) is 0 Å². The molecule has 6 nitrogen and oxygen atoms in total. The van der Waals surface area contributed by atoms with Crippen molar-refractivity contribution in [1.29, 1.82) is 0 Å². The molecule has 1 saturated heterocycles. The number of benzene rings is 1. The molecule has 126 valence electrons. The summed E-state index contributed by atoms with van der Waals surface area (Å²) in [6.45, 7) is 6.23. The zero-order valence-electron chi connectivity index (χ0n) is 14.1. The molecule has 0 saturated carbocycles. The number of amides is 2. The molecule has 23 heavy (non-hydrogen) atoms. The van der Waals surface area contributed by atoms with Gasteiger partial charge in [0.15, 0.2) is 0 Å². The second-order valence-electron chi connectivity index (χ2n) is 6.31. The highest BCUT2D eigenvalue weighted by atomic mass is 16.5. The van der Waals surface area contributed by atoms with Gasteiger partial charge in [0.1, 0.15) is 0 Å². The quantitative estimate of drug-likeness (QED) is 0.843. The number of morpholine rings is 1. The Balaban J connectivity index is 1.77. The number of fused-ring (bicyclic) bond motifs is 1. The van der Waals surface area contributed by atoms with Crippen LogP contribution in [-0.4, -0.2) is 82.4 Å². The normalized spacial score (nSPS) is 18.3. The number of para-hydroxylation sites is 2. The van der Waals surface area contributed by atoms with Gasteiger partial charge < -0.3 is 19.4 Å². The van der Waals surface area contributed by atoms with Crippen molar-refractivity contribution in [2.24, 2.45) is 0 Å². The summed E-state index contributed by atoms with van der Waals surface area (Å²) < 4.78 is 5.35. The summed E-state index contributed by atoms with van der Waals surface area (Å²) in [6, 6.07) is 8.32. The Morgan fingerprint density at radius 1 is 1.09 bits per heavy atom. The van der Waals surface area contributed by atoms with Crippen LogP contribution in [0.2, 0.25) is 0 Å². The minimum atomic E-state index is 0.105. The van der Waals surface area contributed by atoms with E-state index in [2.05, 4.69) is 36.0 Å². The lowest BCUT2D eigenvalue weighted by atomic mass is 10.1. The fraction of sp³-hybridized carbons (Fsp3) is 0.588. The molecule has 0 radical (unpaired) electrons. The summed E-state index contributed by atoms with van der Waals surface area (Å²) in [5.41, 5.74) is 2.18. The molecule has 2 aliphatic rings. The highest BCUT2D eigenvalue weighted by Crippen LogP contribution is 2.33. The predicted molar refractivity (Wildman–Crippen MR) is 92.3 cm³/mol. The molecular formula is C17H26N4O2. The molecule has 1 aromatic rings. The molecule has 1 aromatic carbocycles. The summed E-state index contributed by atoms with van der Waals surface area (Å²) in [5.74, 6) is 0. The van der Waals surface area contributed by atoms with E-state index in [-0.39, 0.29) is 6.03 Å². The Labute approximate surface area is 138 Å². The lowest BCUT2D eigenvalue weighted by Gasteiger charge is -2.40. The first-order chi connectivity index (χ1) is 11.2. The van der Waals surface area contributed by atoms with Crippen molar-refractivity contribution in [3.8, 4) is 0 Å². The number of carbonyl (C=O) groups excluding carboxylic acids is 1. The second kappa shape index (κ2) is 7.19. The maximum atomic E-state index is 12.9. The van der Waals surface area contributed by atoms with Gasteiger partial charge >= 0.3 is 6.03 Å². The number of ether oxygens (including phenoxy) is 1. The number of hydrogen-bond donors (Lipinski definition) is 0. The number of hydrogen-bond acceptors (Lipinski definition) is 4. The smallest absolute Gasteiger partial charge is 0.324 e. The van der Waals surface area contributed by atoms with Crippen LogP contribution in [0, 0.1) is 0 Å². The van der Waals surface area contributed by atoms with Gasteiger partial charge in [-0.15, -0.1) is 0 Å². The summed E-state index contributed by atoms with van der Waals surface area (Å²) in [7, 11) is 4.17. The zero-order valence-corrected chi connectivity index (χ0v) is 14.1. The molecule has 1 fully saturated rings. The van der Waals surface area contributed by atoms with Crippen molar-refractivity contribution in [3.05, 3.63) is 24.3 Å². The molecule has 2 amide bonds. The molecule has 3 rings (SSSR count). The topological polar surface area (TPSA) is 39.3 Å². The van der Waals surface area contributed by atoms with Gasteiger partial charge in [-0.3, -0.25) is 4.90 Å². The van der Waals surface area contributed by atoms with E-state index >= 15 is 0 Å². The molecule has 6 heteroatoms. The average molecular weight is 318 g/mol. The van der Waals surface area contributed by atoms with Crippen LogP contribution in [0.4, 0.5) is 16.2 Å². The molecule has 0 bridgehead atoms.